The van der Waals surface area contributed by atoms with Crippen molar-refractivity contribution in [2.75, 3.05) is 6.54 Å². The summed E-state index contributed by atoms with van der Waals surface area (Å²) in [5.74, 6) is -0.388. The summed E-state index contributed by atoms with van der Waals surface area (Å²) >= 11 is 0. The van der Waals surface area contributed by atoms with Gasteiger partial charge in [0.05, 0.1) is 6.54 Å². The van der Waals surface area contributed by atoms with E-state index in [1.54, 1.807) is 0 Å². The highest BCUT2D eigenvalue weighted by molar-refractivity contribution is 5.80. The smallest absolute Gasteiger partial charge is 0.320 e. The molecule has 0 aromatic carbocycles. The van der Waals surface area contributed by atoms with Crippen LogP contribution in [0.15, 0.2) is 0 Å². The fourth-order valence-electron chi connectivity index (χ4n) is 3.56. The van der Waals surface area contributed by atoms with Crippen molar-refractivity contribution in [3.63, 3.8) is 0 Å². The summed E-state index contributed by atoms with van der Waals surface area (Å²) in [5, 5.41) is 12.2. The van der Waals surface area contributed by atoms with Crippen LogP contribution in [0.5, 0.6) is 0 Å². The van der Waals surface area contributed by atoms with Gasteiger partial charge in [0.2, 0.25) is 5.91 Å². The van der Waals surface area contributed by atoms with Crippen molar-refractivity contribution in [2.24, 2.45) is 5.92 Å². The van der Waals surface area contributed by atoms with Crippen LogP contribution in [0.25, 0.3) is 0 Å². The van der Waals surface area contributed by atoms with Crippen molar-refractivity contribution in [1.82, 2.24) is 10.2 Å². The number of amides is 1. The van der Waals surface area contributed by atoms with E-state index in [2.05, 4.69) is 5.32 Å². The Labute approximate surface area is 114 Å². The minimum Gasteiger partial charge on any atom is -0.480 e. The van der Waals surface area contributed by atoms with Gasteiger partial charge in [-0.2, -0.15) is 0 Å². The standard InChI is InChI=1S/C14H24N2O3/c1-9(2)15-13(17)8-16-11-6-4-3-5-10(11)7-12(16)14(18)19/h9-12H,3-8H2,1-2H3,(H,15,17)(H,18,19). The monoisotopic (exact) mass is 268 g/mol. The predicted octanol–water partition coefficient (Wildman–Crippen LogP) is 1.23. The highest BCUT2D eigenvalue weighted by Gasteiger charge is 2.45. The molecule has 1 saturated carbocycles. The molecular formula is C14H24N2O3. The van der Waals surface area contributed by atoms with Gasteiger partial charge in [-0.3, -0.25) is 14.5 Å². The molecule has 0 aromatic rings. The van der Waals surface area contributed by atoms with Crippen molar-refractivity contribution in [2.45, 2.75) is 64.1 Å². The predicted molar refractivity (Wildman–Crippen MR) is 71.8 cm³/mol. The Bertz CT molecular complexity index is 357. The summed E-state index contributed by atoms with van der Waals surface area (Å²) in [7, 11) is 0. The fraction of sp³-hybridized carbons (Fsp3) is 0.857. The third-order valence-corrected chi connectivity index (χ3v) is 4.28. The molecule has 0 spiro atoms. The third kappa shape index (κ3) is 3.26. The Kier molecular flexibility index (Phi) is 4.45. The number of hydrogen-bond donors (Lipinski definition) is 2. The average Bonchev–Trinajstić information content (AvgIpc) is 2.67. The van der Waals surface area contributed by atoms with Crippen LogP contribution in [0, 0.1) is 5.92 Å². The van der Waals surface area contributed by atoms with Crippen LogP contribution in [0.3, 0.4) is 0 Å². The molecule has 1 amide bonds. The number of rotatable bonds is 4. The maximum absolute atomic E-state index is 11.9. The lowest BCUT2D eigenvalue weighted by Crippen LogP contribution is -2.48. The van der Waals surface area contributed by atoms with Crippen molar-refractivity contribution in [3.05, 3.63) is 0 Å². The Morgan fingerprint density at radius 1 is 1.32 bits per heavy atom. The normalized spacial score (nSPS) is 31.2. The molecule has 2 N–H and O–H groups in total. The number of carbonyl (C=O) groups is 2. The van der Waals surface area contributed by atoms with Gasteiger partial charge >= 0.3 is 5.97 Å². The highest BCUT2D eigenvalue weighted by atomic mass is 16.4. The number of hydrogen-bond acceptors (Lipinski definition) is 3. The second-order valence-corrected chi connectivity index (χ2v) is 6.10. The highest BCUT2D eigenvalue weighted by Crippen LogP contribution is 2.39. The van der Waals surface area contributed by atoms with Gasteiger partial charge in [-0.05, 0) is 39.0 Å². The van der Waals surface area contributed by atoms with Crippen molar-refractivity contribution >= 4 is 11.9 Å². The average molecular weight is 268 g/mol. The van der Waals surface area contributed by atoms with Crippen molar-refractivity contribution in [3.8, 4) is 0 Å². The Balaban J connectivity index is 2.05. The van der Waals surface area contributed by atoms with Gasteiger partial charge in [-0.25, -0.2) is 0 Å². The van der Waals surface area contributed by atoms with Gasteiger partial charge in [-0.15, -0.1) is 0 Å². The van der Waals surface area contributed by atoms with Crippen LogP contribution in [0.1, 0.15) is 46.0 Å². The van der Waals surface area contributed by atoms with Crippen molar-refractivity contribution in [1.29, 1.82) is 0 Å². The van der Waals surface area contributed by atoms with E-state index < -0.39 is 12.0 Å². The first-order chi connectivity index (χ1) is 8.99. The van der Waals surface area contributed by atoms with Crippen LogP contribution < -0.4 is 5.32 Å². The maximum atomic E-state index is 11.9. The second kappa shape index (κ2) is 5.90. The molecule has 108 valence electrons. The third-order valence-electron chi connectivity index (χ3n) is 4.28. The van der Waals surface area contributed by atoms with E-state index in [-0.39, 0.29) is 24.5 Å². The molecule has 2 rings (SSSR count). The first kappa shape index (κ1) is 14.3. The van der Waals surface area contributed by atoms with E-state index >= 15 is 0 Å². The van der Waals surface area contributed by atoms with Gasteiger partial charge in [0.25, 0.3) is 0 Å². The molecule has 5 heteroatoms. The summed E-state index contributed by atoms with van der Waals surface area (Å²) in [6, 6.07) is -0.0979. The molecule has 1 heterocycles. The molecule has 1 aliphatic carbocycles. The van der Waals surface area contributed by atoms with E-state index in [1.807, 2.05) is 18.7 Å². The summed E-state index contributed by atoms with van der Waals surface area (Å²) in [6.07, 6.45) is 5.18. The summed E-state index contributed by atoms with van der Waals surface area (Å²) in [6.45, 7) is 4.05. The van der Waals surface area contributed by atoms with E-state index in [1.165, 1.54) is 6.42 Å². The van der Waals surface area contributed by atoms with Gasteiger partial charge in [0.15, 0.2) is 0 Å². The van der Waals surface area contributed by atoms with Crippen LogP contribution >= 0.6 is 0 Å². The summed E-state index contributed by atoms with van der Waals surface area (Å²) in [5.41, 5.74) is 0. The summed E-state index contributed by atoms with van der Waals surface area (Å²) in [4.78, 5) is 25.2. The summed E-state index contributed by atoms with van der Waals surface area (Å²) < 4.78 is 0. The lowest BCUT2D eigenvalue weighted by molar-refractivity contribution is -0.143. The molecule has 3 atom stereocenters. The topological polar surface area (TPSA) is 69.6 Å². The number of carbonyl (C=O) groups excluding carboxylic acids is 1. The molecule has 5 nitrogen and oxygen atoms in total. The number of likely N-dealkylation sites (tertiary alicyclic amines) is 1. The number of fused-ring (bicyclic) bond motifs is 1. The van der Waals surface area contributed by atoms with Crippen LogP contribution in [-0.2, 0) is 9.59 Å². The lowest BCUT2D eigenvalue weighted by atomic mass is 9.85. The zero-order valence-electron chi connectivity index (χ0n) is 11.8. The Morgan fingerprint density at radius 2 is 2.00 bits per heavy atom. The zero-order chi connectivity index (χ0) is 14.0. The van der Waals surface area contributed by atoms with Gasteiger partial charge < -0.3 is 10.4 Å². The van der Waals surface area contributed by atoms with Crippen LogP contribution in [-0.4, -0.2) is 46.6 Å². The van der Waals surface area contributed by atoms with E-state index in [9.17, 15) is 14.7 Å². The molecule has 0 radical (unpaired) electrons. The van der Waals surface area contributed by atoms with Gasteiger partial charge in [0.1, 0.15) is 6.04 Å². The minimum atomic E-state index is -0.785. The molecular weight excluding hydrogens is 244 g/mol. The quantitative estimate of drug-likeness (QED) is 0.804. The SMILES string of the molecule is CC(C)NC(=O)CN1C(C(=O)O)CC2CCCCC21. The zero-order valence-corrected chi connectivity index (χ0v) is 11.8. The number of aliphatic carboxylic acids is 1. The number of nitrogens with one attached hydrogen (secondary N) is 1. The molecule has 2 fully saturated rings. The van der Waals surface area contributed by atoms with E-state index in [0.717, 1.165) is 19.3 Å². The molecule has 2 aliphatic rings. The van der Waals surface area contributed by atoms with E-state index in [4.69, 9.17) is 0 Å². The van der Waals surface area contributed by atoms with Crippen LogP contribution in [0.4, 0.5) is 0 Å². The van der Waals surface area contributed by atoms with Crippen molar-refractivity contribution < 1.29 is 14.7 Å². The second-order valence-electron chi connectivity index (χ2n) is 6.10. The number of nitrogens with zero attached hydrogens (tertiary/aromatic N) is 1. The first-order valence-corrected chi connectivity index (χ1v) is 7.27. The van der Waals surface area contributed by atoms with E-state index in [0.29, 0.717) is 12.3 Å². The fourth-order valence-corrected chi connectivity index (χ4v) is 3.56. The van der Waals surface area contributed by atoms with Gasteiger partial charge in [-0.1, -0.05) is 12.8 Å². The number of carboxylic acids is 1. The maximum Gasteiger partial charge on any atom is 0.320 e. The molecule has 0 bridgehead atoms. The molecule has 19 heavy (non-hydrogen) atoms. The van der Waals surface area contributed by atoms with Crippen LogP contribution in [0.2, 0.25) is 0 Å². The van der Waals surface area contributed by atoms with Gasteiger partial charge in [0, 0.05) is 12.1 Å². The Morgan fingerprint density at radius 3 is 2.63 bits per heavy atom. The molecule has 0 aromatic heterocycles. The largest absolute Gasteiger partial charge is 0.480 e. The molecule has 1 saturated heterocycles. The first-order valence-electron chi connectivity index (χ1n) is 7.27. The molecule has 3 unspecified atom stereocenters. The minimum absolute atomic E-state index is 0.0625. The molecule has 1 aliphatic heterocycles. The number of carboxylic acid groups (broad SMARTS) is 1. The lowest BCUT2D eigenvalue weighted by Gasteiger charge is -2.32. The Hall–Kier alpha value is -1.10.